The lowest BCUT2D eigenvalue weighted by Gasteiger charge is -2.10. The van der Waals surface area contributed by atoms with Gasteiger partial charge in [-0.05, 0) is 32.0 Å². The Labute approximate surface area is 169 Å². The molecule has 0 saturated heterocycles. The van der Waals surface area contributed by atoms with Crippen LogP contribution in [-0.4, -0.2) is 31.4 Å². The number of hydrogen-bond donors (Lipinski definition) is 1. The highest BCUT2D eigenvalue weighted by Gasteiger charge is 2.17. The molecule has 0 aliphatic rings. The monoisotopic (exact) mass is 413 g/mol. The van der Waals surface area contributed by atoms with Crippen LogP contribution in [0.3, 0.4) is 0 Å². The number of rotatable bonds is 5. The van der Waals surface area contributed by atoms with Gasteiger partial charge in [0.15, 0.2) is 5.65 Å². The largest absolute Gasteiger partial charge is 0.323 e. The van der Waals surface area contributed by atoms with Crippen molar-refractivity contribution in [3.05, 3.63) is 54.1 Å². The number of para-hydroxylation sites is 1. The fourth-order valence-corrected chi connectivity index (χ4v) is 3.72. The van der Waals surface area contributed by atoms with Crippen LogP contribution in [0, 0.1) is 11.6 Å². The van der Waals surface area contributed by atoms with Gasteiger partial charge in [-0.3, -0.25) is 4.79 Å². The summed E-state index contributed by atoms with van der Waals surface area (Å²) in [5, 5.41) is 12.2. The Kier molecular flexibility index (Phi) is 5.14. The number of halogens is 2. The molecule has 6 nitrogen and oxygen atoms in total. The van der Waals surface area contributed by atoms with Gasteiger partial charge in [-0.25, -0.2) is 13.8 Å². The molecule has 0 spiro atoms. The average molecular weight is 413 g/mol. The van der Waals surface area contributed by atoms with Crippen LogP contribution in [0.1, 0.15) is 19.9 Å². The summed E-state index contributed by atoms with van der Waals surface area (Å²) in [7, 11) is 0. The first-order chi connectivity index (χ1) is 13.9. The number of carbonyl (C=O) groups excluding carboxylic acids is 1. The lowest BCUT2D eigenvalue weighted by Crippen LogP contribution is -2.15. The zero-order valence-electron chi connectivity index (χ0n) is 15.7. The molecule has 0 fully saturated rings. The van der Waals surface area contributed by atoms with Gasteiger partial charge in [0.25, 0.3) is 0 Å². The van der Waals surface area contributed by atoms with Crippen molar-refractivity contribution in [2.24, 2.45) is 0 Å². The van der Waals surface area contributed by atoms with E-state index in [0.717, 1.165) is 28.7 Å². The minimum Gasteiger partial charge on any atom is -0.323 e. The molecule has 29 heavy (non-hydrogen) atoms. The number of carbonyl (C=O) groups is 1. The van der Waals surface area contributed by atoms with Gasteiger partial charge in [-0.15, -0.1) is 10.2 Å². The molecular formula is C20H17F2N5OS. The number of fused-ring (bicyclic) bond motifs is 3. The van der Waals surface area contributed by atoms with Crippen LogP contribution >= 0.6 is 11.8 Å². The first kappa shape index (κ1) is 19.3. The number of amides is 1. The summed E-state index contributed by atoms with van der Waals surface area (Å²) in [6.45, 7) is 4.12. The van der Waals surface area contributed by atoms with Crippen LogP contribution < -0.4 is 5.32 Å². The minimum atomic E-state index is -0.830. The van der Waals surface area contributed by atoms with Gasteiger partial charge in [0, 0.05) is 17.5 Å². The van der Waals surface area contributed by atoms with Gasteiger partial charge in [0.1, 0.15) is 17.2 Å². The Balaban J connectivity index is 1.56. The van der Waals surface area contributed by atoms with Crippen molar-refractivity contribution in [1.82, 2.24) is 19.7 Å². The van der Waals surface area contributed by atoms with E-state index >= 15 is 0 Å². The number of aromatic nitrogens is 4. The molecule has 4 aromatic rings. The molecule has 4 rings (SSSR count). The molecule has 0 saturated carbocycles. The fourth-order valence-electron chi connectivity index (χ4n) is 3.13. The maximum atomic E-state index is 13.7. The van der Waals surface area contributed by atoms with E-state index in [1.165, 1.54) is 6.07 Å². The molecule has 0 unspecified atom stereocenters. The number of anilines is 1. The topological polar surface area (TPSA) is 72.7 Å². The van der Waals surface area contributed by atoms with Gasteiger partial charge in [-0.2, -0.15) is 0 Å². The molecule has 148 valence electrons. The van der Waals surface area contributed by atoms with Crippen LogP contribution in [0.5, 0.6) is 0 Å². The molecule has 0 radical (unpaired) electrons. The van der Waals surface area contributed by atoms with Gasteiger partial charge in [0.05, 0.1) is 17.0 Å². The highest BCUT2D eigenvalue weighted by Crippen LogP contribution is 2.29. The first-order valence-corrected chi connectivity index (χ1v) is 9.93. The quantitative estimate of drug-likeness (QED) is 0.485. The molecule has 0 bridgehead atoms. The Morgan fingerprint density at radius 1 is 1.17 bits per heavy atom. The summed E-state index contributed by atoms with van der Waals surface area (Å²) in [5.74, 6) is -2.02. The van der Waals surface area contributed by atoms with Crippen LogP contribution in [0.25, 0.3) is 22.1 Å². The van der Waals surface area contributed by atoms with E-state index in [1.54, 1.807) is 0 Å². The van der Waals surface area contributed by atoms with Crippen LogP contribution in [0.4, 0.5) is 14.5 Å². The smallest absolute Gasteiger partial charge is 0.234 e. The van der Waals surface area contributed by atoms with Crippen molar-refractivity contribution < 1.29 is 13.6 Å². The third-order valence-electron chi connectivity index (χ3n) is 4.35. The van der Waals surface area contributed by atoms with E-state index < -0.39 is 17.5 Å². The minimum absolute atomic E-state index is 0.0358. The molecule has 0 aliphatic heterocycles. The highest BCUT2D eigenvalue weighted by molar-refractivity contribution is 7.99. The van der Waals surface area contributed by atoms with Crippen molar-refractivity contribution in [2.45, 2.75) is 25.0 Å². The Morgan fingerprint density at radius 2 is 1.97 bits per heavy atom. The number of thioether (sulfide) groups is 1. The number of nitrogens with one attached hydrogen (secondary N) is 1. The van der Waals surface area contributed by atoms with Gasteiger partial charge in [-0.1, -0.05) is 30.0 Å². The number of hydrogen-bond acceptors (Lipinski definition) is 5. The highest BCUT2D eigenvalue weighted by atomic mass is 32.2. The normalized spacial score (nSPS) is 11.5. The third kappa shape index (κ3) is 3.77. The van der Waals surface area contributed by atoms with Gasteiger partial charge < -0.3 is 9.88 Å². The summed E-state index contributed by atoms with van der Waals surface area (Å²) < 4.78 is 28.7. The third-order valence-corrected chi connectivity index (χ3v) is 5.19. The Bertz CT molecular complexity index is 1220. The number of nitrogens with zero attached hydrogens (tertiary/aromatic N) is 4. The van der Waals surface area contributed by atoms with Crippen molar-refractivity contribution in [1.29, 1.82) is 0 Å². The second-order valence-electron chi connectivity index (χ2n) is 6.71. The summed E-state index contributed by atoms with van der Waals surface area (Å²) in [5.41, 5.74) is 2.34. The molecule has 0 atom stereocenters. The van der Waals surface area contributed by atoms with Gasteiger partial charge in [0.2, 0.25) is 11.1 Å². The van der Waals surface area contributed by atoms with E-state index in [0.29, 0.717) is 22.4 Å². The van der Waals surface area contributed by atoms with Crippen LogP contribution in [-0.2, 0) is 4.79 Å². The molecular weight excluding hydrogens is 396 g/mol. The van der Waals surface area contributed by atoms with E-state index in [2.05, 4.69) is 38.9 Å². The van der Waals surface area contributed by atoms with Crippen molar-refractivity contribution in [3.63, 3.8) is 0 Å². The molecule has 2 heterocycles. The zero-order valence-corrected chi connectivity index (χ0v) is 16.5. The first-order valence-electron chi connectivity index (χ1n) is 8.95. The molecule has 1 N–H and O–H groups in total. The van der Waals surface area contributed by atoms with Gasteiger partial charge >= 0.3 is 0 Å². The summed E-state index contributed by atoms with van der Waals surface area (Å²) >= 11 is 1.10. The van der Waals surface area contributed by atoms with Crippen molar-refractivity contribution in [3.8, 4) is 0 Å². The second-order valence-corrected chi connectivity index (χ2v) is 7.65. The summed E-state index contributed by atoms with van der Waals surface area (Å²) in [4.78, 5) is 16.7. The van der Waals surface area contributed by atoms with E-state index in [-0.39, 0.29) is 17.5 Å². The Morgan fingerprint density at radius 3 is 2.72 bits per heavy atom. The zero-order chi connectivity index (χ0) is 20.5. The van der Waals surface area contributed by atoms with Crippen molar-refractivity contribution >= 4 is 45.4 Å². The summed E-state index contributed by atoms with van der Waals surface area (Å²) in [6, 6.07) is 11.0. The predicted molar refractivity (Wildman–Crippen MR) is 109 cm³/mol. The SMILES string of the molecule is CC(C)n1c2ccccc2c2nnc(SCC(=O)Nc3ccc(F)cc3F)nc21. The second kappa shape index (κ2) is 7.75. The van der Waals surface area contributed by atoms with E-state index in [9.17, 15) is 13.6 Å². The average Bonchev–Trinajstić information content (AvgIpc) is 3.02. The predicted octanol–water partition coefficient (Wildman–Crippen LogP) is 4.57. The molecule has 9 heteroatoms. The summed E-state index contributed by atoms with van der Waals surface area (Å²) in [6.07, 6.45) is 0. The standard InChI is InChI=1S/C20H17F2N5OS/c1-11(2)27-16-6-4-3-5-13(16)18-19(27)24-20(26-25-18)29-10-17(28)23-15-8-7-12(21)9-14(15)22/h3-9,11H,10H2,1-2H3,(H,23,28). The van der Waals surface area contributed by atoms with Crippen LogP contribution in [0.2, 0.25) is 0 Å². The molecule has 2 aromatic carbocycles. The van der Waals surface area contributed by atoms with Crippen LogP contribution in [0.15, 0.2) is 47.6 Å². The molecule has 1 amide bonds. The number of benzene rings is 2. The maximum absolute atomic E-state index is 13.7. The van der Waals surface area contributed by atoms with Crippen molar-refractivity contribution in [2.75, 3.05) is 11.1 Å². The maximum Gasteiger partial charge on any atom is 0.234 e. The lowest BCUT2D eigenvalue weighted by molar-refractivity contribution is -0.113. The molecule has 0 aliphatic carbocycles. The van der Waals surface area contributed by atoms with E-state index in [1.807, 2.05) is 24.3 Å². The molecule has 2 aromatic heterocycles. The fraction of sp³-hybridized carbons (Fsp3) is 0.200. The lowest BCUT2D eigenvalue weighted by atomic mass is 10.2. The Hall–Kier alpha value is -3.07. The van der Waals surface area contributed by atoms with E-state index in [4.69, 9.17) is 0 Å².